The van der Waals surface area contributed by atoms with Crippen molar-refractivity contribution in [2.24, 2.45) is 0 Å². The smallest absolute Gasteiger partial charge is 0.222 e. The number of benzene rings is 1. The van der Waals surface area contributed by atoms with E-state index >= 15 is 0 Å². The molecule has 128 valence electrons. The van der Waals surface area contributed by atoms with Gasteiger partial charge in [-0.3, -0.25) is 4.79 Å². The van der Waals surface area contributed by atoms with Crippen molar-refractivity contribution in [3.05, 3.63) is 53.6 Å². The standard InChI is InChI=1S/C18H22ClN3O2/c19-15-4-1-14(2-5-15)3-6-18(24)21-10-7-16(17(23)8-11-21)22-12-9-20-13-22/h1-2,4-5,9,12-13,16-17,23H,3,6-8,10-11H2/t16-,17-/m0/s1. The Kier molecular flexibility index (Phi) is 5.53. The summed E-state index contributed by atoms with van der Waals surface area (Å²) in [5.74, 6) is 0.142. The Morgan fingerprint density at radius 1 is 1.25 bits per heavy atom. The Morgan fingerprint density at radius 2 is 2.00 bits per heavy atom. The van der Waals surface area contributed by atoms with E-state index in [1.165, 1.54) is 0 Å². The monoisotopic (exact) mass is 347 g/mol. The fourth-order valence-electron chi connectivity index (χ4n) is 3.20. The zero-order valence-electron chi connectivity index (χ0n) is 13.5. The highest BCUT2D eigenvalue weighted by atomic mass is 35.5. The van der Waals surface area contributed by atoms with E-state index in [4.69, 9.17) is 11.6 Å². The number of imidazole rings is 1. The van der Waals surface area contributed by atoms with Gasteiger partial charge in [0.1, 0.15) is 0 Å². The van der Waals surface area contributed by atoms with Crippen molar-refractivity contribution in [3.63, 3.8) is 0 Å². The van der Waals surface area contributed by atoms with E-state index in [9.17, 15) is 9.90 Å². The molecular weight excluding hydrogens is 326 g/mol. The summed E-state index contributed by atoms with van der Waals surface area (Å²) in [7, 11) is 0. The molecule has 0 unspecified atom stereocenters. The number of rotatable bonds is 4. The number of hydrogen-bond acceptors (Lipinski definition) is 3. The van der Waals surface area contributed by atoms with Crippen molar-refractivity contribution in [1.29, 1.82) is 0 Å². The van der Waals surface area contributed by atoms with Gasteiger partial charge < -0.3 is 14.6 Å². The first-order valence-electron chi connectivity index (χ1n) is 8.31. The van der Waals surface area contributed by atoms with Crippen LogP contribution in [0.5, 0.6) is 0 Å². The van der Waals surface area contributed by atoms with Gasteiger partial charge in [-0.05, 0) is 37.0 Å². The highest BCUT2D eigenvalue weighted by Crippen LogP contribution is 2.23. The normalized spacial score (nSPS) is 21.5. The van der Waals surface area contributed by atoms with Crippen LogP contribution in [-0.4, -0.2) is 44.7 Å². The second-order valence-corrected chi connectivity index (χ2v) is 6.67. The van der Waals surface area contributed by atoms with E-state index in [2.05, 4.69) is 4.98 Å². The molecule has 24 heavy (non-hydrogen) atoms. The Balaban J connectivity index is 1.55. The summed E-state index contributed by atoms with van der Waals surface area (Å²) in [5, 5.41) is 11.1. The highest BCUT2D eigenvalue weighted by molar-refractivity contribution is 6.30. The minimum atomic E-state index is -0.451. The van der Waals surface area contributed by atoms with Gasteiger partial charge in [0.15, 0.2) is 0 Å². The summed E-state index contributed by atoms with van der Waals surface area (Å²) < 4.78 is 1.94. The highest BCUT2D eigenvalue weighted by Gasteiger charge is 2.27. The van der Waals surface area contributed by atoms with Gasteiger partial charge in [-0.25, -0.2) is 4.98 Å². The van der Waals surface area contributed by atoms with Gasteiger partial charge >= 0.3 is 0 Å². The van der Waals surface area contributed by atoms with Crippen LogP contribution in [0.4, 0.5) is 0 Å². The first-order chi connectivity index (χ1) is 11.6. The lowest BCUT2D eigenvalue weighted by Gasteiger charge is -2.21. The van der Waals surface area contributed by atoms with Crippen LogP contribution in [0.15, 0.2) is 43.0 Å². The molecule has 1 aliphatic rings. The first-order valence-corrected chi connectivity index (χ1v) is 8.69. The molecule has 1 aliphatic heterocycles. The zero-order chi connectivity index (χ0) is 16.9. The number of amides is 1. The van der Waals surface area contributed by atoms with Gasteiger partial charge in [0.2, 0.25) is 5.91 Å². The van der Waals surface area contributed by atoms with Crippen molar-refractivity contribution >= 4 is 17.5 Å². The SMILES string of the molecule is O=C(CCc1ccc(Cl)cc1)N1CC[C@H](O)[C@@H](n2ccnc2)CC1. The first kappa shape index (κ1) is 17.0. The largest absolute Gasteiger partial charge is 0.391 e. The Labute approximate surface area is 146 Å². The maximum atomic E-state index is 12.5. The molecule has 1 saturated heterocycles. The lowest BCUT2D eigenvalue weighted by Crippen LogP contribution is -2.32. The van der Waals surface area contributed by atoms with E-state index in [1.807, 2.05) is 39.9 Å². The minimum Gasteiger partial charge on any atom is -0.391 e. The van der Waals surface area contributed by atoms with Gasteiger partial charge in [-0.15, -0.1) is 0 Å². The summed E-state index contributed by atoms with van der Waals surface area (Å²) in [5.41, 5.74) is 1.11. The summed E-state index contributed by atoms with van der Waals surface area (Å²) in [6, 6.07) is 7.59. The van der Waals surface area contributed by atoms with Crippen LogP contribution in [0.25, 0.3) is 0 Å². The number of nitrogens with zero attached hydrogens (tertiary/aromatic N) is 3. The fourth-order valence-corrected chi connectivity index (χ4v) is 3.32. The Hall–Kier alpha value is -1.85. The maximum absolute atomic E-state index is 12.5. The van der Waals surface area contributed by atoms with Crippen LogP contribution in [0.3, 0.4) is 0 Å². The van der Waals surface area contributed by atoms with E-state index in [0.717, 1.165) is 12.0 Å². The predicted molar refractivity (Wildman–Crippen MR) is 92.9 cm³/mol. The van der Waals surface area contributed by atoms with Crippen LogP contribution in [0, 0.1) is 0 Å². The Bertz CT molecular complexity index is 657. The number of aliphatic hydroxyl groups excluding tert-OH is 1. The average molecular weight is 348 g/mol. The van der Waals surface area contributed by atoms with E-state index < -0.39 is 6.10 Å². The number of carbonyl (C=O) groups is 1. The zero-order valence-corrected chi connectivity index (χ0v) is 14.3. The molecule has 1 N–H and O–H groups in total. The number of hydrogen-bond donors (Lipinski definition) is 1. The summed E-state index contributed by atoms with van der Waals surface area (Å²) in [4.78, 5) is 18.4. The van der Waals surface area contributed by atoms with Gasteiger partial charge in [0.25, 0.3) is 0 Å². The molecule has 1 aromatic heterocycles. The number of aliphatic hydroxyl groups is 1. The molecule has 0 bridgehead atoms. The minimum absolute atomic E-state index is 0.0124. The molecule has 0 spiro atoms. The number of halogens is 1. The van der Waals surface area contributed by atoms with Crippen LogP contribution in [0.2, 0.25) is 5.02 Å². The summed E-state index contributed by atoms with van der Waals surface area (Å²) in [6.07, 6.45) is 7.38. The topological polar surface area (TPSA) is 58.4 Å². The molecule has 1 amide bonds. The molecule has 1 aromatic carbocycles. The van der Waals surface area contributed by atoms with E-state index in [1.54, 1.807) is 12.5 Å². The van der Waals surface area contributed by atoms with Crippen molar-refractivity contribution in [3.8, 4) is 0 Å². The van der Waals surface area contributed by atoms with Crippen molar-refractivity contribution in [1.82, 2.24) is 14.5 Å². The molecule has 0 aliphatic carbocycles. The molecular formula is C18H22ClN3O2. The molecule has 0 saturated carbocycles. The third kappa shape index (κ3) is 4.16. The van der Waals surface area contributed by atoms with E-state index in [0.29, 0.717) is 37.4 Å². The van der Waals surface area contributed by atoms with Gasteiger partial charge in [-0.2, -0.15) is 0 Å². The van der Waals surface area contributed by atoms with Crippen molar-refractivity contribution in [2.75, 3.05) is 13.1 Å². The molecule has 2 atom stereocenters. The summed E-state index contributed by atoms with van der Waals surface area (Å²) in [6.45, 7) is 1.27. The second kappa shape index (κ2) is 7.81. The van der Waals surface area contributed by atoms with Crippen LogP contribution in [0.1, 0.15) is 30.9 Å². The van der Waals surface area contributed by atoms with Crippen LogP contribution in [-0.2, 0) is 11.2 Å². The number of likely N-dealkylation sites (tertiary alicyclic amines) is 1. The summed E-state index contributed by atoms with van der Waals surface area (Å²) >= 11 is 5.88. The average Bonchev–Trinajstić information content (AvgIpc) is 3.04. The lowest BCUT2D eigenvalue weighted by atomic mass is 10.1. The Morgan fingerprint density at radius 3 is 2.71 bits per heavy atom. The molecule has 2 aromatic rings. The molecule has 0 radical (unpaired) electrons. The van der Waals surface area contributed by atoms with Crippen LogP contribution >= 0.6 is 11.6 Å². The number of aromatic nitrogens is 2. The molecule has 6 heteroatoms. The maximum Gasteiger partial charge on any atom is 0.222 e. The fraction of sp³-hybridized carbons (Fsp3) is 0.444. The third-order valence-electron chi connectivity index (χ3n) is 4.64. The number of aryl methyl sites for hydroxylation is 1. The second-order valence-electron chi connectivity index (χ2n) is 6.23. The van der Waals surface area contributed by atoms with Crippen molar-refractivity contribution in [2.45, 2.75) is 37.8 Å². The third-order valence-corrected chi connectivity index (χ3v) is 4.89. The molecule has 2 heterocycles. The van der Waals surface area contributed by atoms with Gasteiger partial charge in [-0.1, -0.05) is 23.7 Å². The molecule has 3 rings (SSSR count). The van der Waals surface area contributed by atoms with Gasteiger partial charge in [0.05, 0.1) is 18.5 Å². The number of carbonyl (C=O) groups excluding carboxylic acids is 1. The lowest BCUT2D eigenvalue weighted by molar-refractivity contribution is -0.131. The molecule has 1 fully saturated rings. The van der Waals surface area contributed by atoms with Crippen molar-refractivity contribution < 1.29 is 9.90 Å². The van der Waals surface area contributed by atoms with E-state index in [-0.39, 0.29) is 11.9 Å². The predicted octanol–water partition coefficient (Wildman–Crippen LogP) is 2.69. The molecule has 5 nitrogen and oxygen atoms in total. The van der Waals surface area contributed by atoms with Crippen LogP contribution < -0.4 is 0 Å². The quantitative estimate of drug-likeness (QED) is 0.925. The van der Waals surface area contributed by atoms with Gasteiger partial charge in [0, 0.05) is 36.9 Å².